The molecule has 9 nitrogen and oxygen atoms in total. The lowest BCUT2D eigenvalue weighted by Crippen LogP contribution is -2.29. The predicted octanol–water partition coefficient (Wildman–Crippen LogP) is 1.42. The number of benzene rings is 2. The third kappa shape index (κ3) is 5.66. The first-order valence-electron chi connectivity index (χ1n) is 10.1. The van der Waals surface area contributed by atoms with Gasteiger partial charge in [-0.05, 0) is 54.8 Å². The van der Waals surface area contributed by atoms with E-state index in [4.69, 9.17) is 4.74 Å². The summed E-state index contributed by atoms with van der Waals surface area (Å²) in [5.41, 5.74) is 0.761. The van der Waals surface area contributed by atoms with Crippen molar-refractivity contribution in [3.8, 4) is 5.75 Å². The lowest BCUT2D eigenvalue weighted by Gasteiger charge is -2.15. The van der Waals surface area contributed by atoms with E-state index < -0.39 is 20.0 Å². The average Bonchev–Trinajstić information content (AvgIpc) is 3.33. The van der Waals surface area contributed by atoms with Gasteiger partial charge in [0, 0.05) is 33.7 Å². The van der Waals surface area contributed by atoms with Crippen molar-refractivity contribution in [3.63, 3.8) is 0 Å². The van der Waals surface area contributed by atoms with Gasteiger partial charge in [-0.25, -0.2) is 21.1 Å². The summed E-state index contributed by atoms with van der Waals surface area (Å²) in [5, 5.41) is 2.71. The smallest absolute Gasteiger partial charge is 0.258 e. The Morgan fingerprint density at radius 2 is 1.50 bits per heavy atom. The molecule has 32 heavy (non-hydrogen) atoms. The van der Waals surface area contributed by atoms with Gasteiger partial charge in [0.1, 0.15) is 5.75 Å². The standard InChI is InChI=1S/C21H27N3O6S2/c1-23(2)31(26,27)19-11-7-18(8-12-19)30-16-21(25)22-15-17-5-9-20(10-6-17)32(28,29)24-13-3-4-14-24/h5-12H,3-4,13-16H2,1-2H3,(H,22,25). The lowest BCUT2D eigenvalue weighted by molar-refractivity contribution is -0.123. The van der Waals surface area contributed by atoms with Crippen LogP contribution in [0.2, 0.25) is 0 Å². The van der Waals surface area contributed by atoms with Crippen LogP contribution < -0.4 is 10.1 Å². The van der Waals surface area contributed by atoms with Gasteiger partial charge in [-0.2, -0.15) is 4.31 Å². The molecule has 0 spiro atoms. The molecule has 174 valence electrons. The number of sulfonamides is 2. The van der Waals surface area contributed by atoms with Crippen molar-refractivity contribution in [2.24, 2.45) is 0 Å². The van der Waals surface area contributed by atoms with E-state index in [2.05, 4.69) is 5.32 Å². The molecule has 1 fully saturated rings. The Bertz CT molecular complexity index is 1140. The summed E-state index contributed by atoms with van der Waals surface area (Å²) in [6.45, 7) is 1.09. The highest BCUT2D eigenvalue weighted by Crippen LogP contribution is 2.21. The van der Waals surface area contributed by atoms with Crippen molar-refractivity contribution in [3.05, 3.63) is 54.1 Å². The summed E-state index contributed by atoms with van der Waals surface area (Å²) < 4.78 is 57.2. The number of nitrogens with zero attached hydrogens (tertiary/aromatic N) is 2. The van der Waals surface area contributed by atoms with Gasteiger partial charge >= 0.3 is 0 Å². The molecule has 11 heteroatoms. The molecule has 0 bridgehead atoms. The third-order valence-electron chi connectivity index (χ3n) is 5.09. The zero-order chi connectivity index (χ0) is 23.4. The van der Waals surface area contributed by atoms with Crippen molar-refractivity contribution >= 4 is 26.0 Å². The van der Waals surface area contributed by atoms with E-state index in [-0.39, 0.29) is 28.8 Å². The molecular formula is C21H27N3O6S2. The van der Waals surface area contributed by atoms with E-state index in [1.807, 2.05) is 0 Å². The number of ether oxygens (including phenoxy) is 1. The molecule has 1 heterocycles. The molecule has 1 amide bonds. The highest BCUT2D eigenvalue weighted by atomic mass is 32.2. The van der Waals surface area contributed by atoms with Crippen LogP contribution in [0.1, 0.15) is 18.4 Å². The number of hydrogen-bond donors (Lipinski definition) is 1. The molecule has 0 aliphatic carbocycles. The second kappa shape index (κ2) is 9.99. The monoisotopic (exact) mass is 481 g/mol. The zero-order valence-corrected chi connectivity index (χ0v) is 19.7. The van der Waals surface area contributed by atoms with Gasteiger partial charge in [-0.3, -0.25) is 4.79 Å². The maximum Gasteiger partial charge on any atom is 0.258 e. The molecule has 1 aliphatic heterocycles. The van der Waals surface area contributed by atoms with Gasteiger partial charge in [0.25, 0.3) is 5.91 Å². The van der Waals surface area contributed by atoms with Crippen molar-refractivity contribution in [1.82, 2.24) is 13.9 Å². The molecule has 0 unspecified atom stereocenters. The largest absolute Gasteiger partial charge is 0.484 e. The fraction of sp³-hybridized carbons (Fsp3) is 0.381. The number of carbonyl (C=O) groups is 1. The Kier molecular flexibility index (Phi) is 7.55. The van der Waals surface area contributed by atoms with Gasteiger partial charge in [0.2, 0.25) is 20.0 Å². The second-order valence-corrected chi connectivity index (χ2v) is 11.7. The van der Waals surface area contributed by atoms with E-state index in [0.717, 1.165) is 22.7 Å². The SMILES string of the molecule is CN(C)S(=O)(=O)c1ccc(OCC(=O)NCc2ccc(S(=O)(=O)N3CCCC3)cc2)cc1. The van der Waals surface area contributed by atoms with Gasteiger partial charge in [-0.1, -0.05) is 12.1 Å². The Hall–Kier alpha value is -2.47. The summed E-state index contributed by atoms with van der Waals surface area (Å²) in [6.07, 6.45) is 1.76. The predicted molar refractivity (Wildman–Crippen MR) is 119 cm³/mol. The number of hydrogen-bond acceptors (Lipinski definition) is 6. The molecule has 0 radical (unpaired) electrons. The Morgan fingerprint density at radius 1 is 0.938 bits per heavy atom. The number of nitrogens with one attached hydrogen (secondary N) is 1. The number of carbonyl (C=O) groups excluding carboxylic acids is 1. The third-order valence-corrected chi connectivity index (χ3v) is 8.83. The van der Waals surface area contributed by atoms with E-state index in [1.54, 1.807) is 24.3 Å². The van der Waals surface area contributed by atoms with Crippen LogP contribution in [0.4, 0.5) is 0 Å². The molecule has 2 aromatic rings. The maximum atomic E-state index is 12.5. The quantitative estimate of drug-likeness (QED) is 0.580. The number of rotatable bonds is 9. The van der Waals surface area contributed by atoms with Crippen molar-refractivity contribution in [1.29, 1.82) is 0 Å². The summed E-state index contributed by atoms with van der Waals surface area (Å²) in [5.74, 6) is 0.0121. The van der Waals surface area contributed by atoms with Crippen molar-refractivity contribution in [2.75, 3.05) is 33.8 Å². The van der Waals surface area contributed by atoms with Crippen molar-refractivity contribution in [2.45, 2.75) is 29.2 Å². The van der Waals surface area contributed by atoms with Crippen LogP contribution in [-0.2, 0) is 31.4 Å². The van der Waals surface area contributed by atoms with Crippen LogP contribution in [-0.4, -0.2) is 65.1 Å². The molecule has 0 atom stereocenters. The Balaban J connectivity index is 1.49. The Morgan fingerprint density at radius 3 is 2.06 bits per heavy atom. The normalized spacial score (nSPS) is 15.1. The van der Waals surface area contributed by atoms with Crippen LogP contribution in [0.15, 0.2) is 58.3 Å². The van der Waals surface area contributed by atoms with E-state index in [0.29, 0.717) is 18.8 Å². The molecule has 1 saturated heterocycles. The van der Waals surface area contributed by atoms with Crippen LogP contribution in [0.25, 0.3) is 0 Å². The van der Waals surface area contributed by atoms with Crippen molar-refractivity contribution < 1.29 is 26.4 Å². The molecular weight excluding hydrogens is 454 g/mol. The second-order valence-electron chi connectivity index (χ2n) is 7.58. The molecule has 3 rings (SSSR count). The molecule has 2 aromatic carbocycles. The van der Waals surface area contributed by atoms with Gasteiger partial charge in [0.05, 0.1) is 9.79 Å². The number of amides is 1. The highest BCUT2D eigenvalue weighted by Gasteiger charge is 2.26. The topological polar surface area (TPSA) is 113 Å². The molecule has 1 N–H and O–H groups in total. The Labute approximate surface area is 189 Å². The van der Waals surface area contributed by atoms with Crippen LogP contribution >= 0.6 is 0 Å². The first-order chi connectivity index (χ1) is 15.1. The fourth-order valence-electron chi connectivity index (χ4n) is 3.18. The highest BCUT2D eigenvalue weighted by molar-refractivity contribution is 7.89. The molecule has 0 saturated carbocycles. The van der Waals surface area contributed by atoms with Crippen LogP contribution in [0.3, 0.4) is 0 Å². The van der Waals surface area contributed by atoms with E-state index in [9.17, 15) is 21.6 Å². The van der Waals surface area contributed by atoms with Gasteiger partial charge in [0.15, 0.2) is 6.61 Å². The first-order valence-corrected chi connectivity index (χ1v) is 13.0. The summed E-state index contributed by atoms with van der Waals surface area (Å²) in [6, 6.07) is 12.3. The lowest BCUT2D eigenvalue weighted by atomic mass is 10.2. The van der Waals surface area contributed by atoms with Gasteiger partial charge in [-0.15, -0.1) is 0 Å². The van der Waals surface area contributed by atoms with E-state index in [1.165, 1.54) is 42.7 Å². The maximum absolute atomic E-state index is 12.5. The average molecular weight is 482 g/mol. The fourth-order valence-corrected chi connectivity index (χ4v) is 5.59. The van der Waals surface area contributed by atoms with Gasteiger partial charge < -0.3 is 10.1 Å². The summed E-state index contributed by atoms with van der Waals surface area (Å²) >= 11 is 0. The zero-order valence-electron chi connectivity index (χ0n) is 18.0. The molecule has 1 aliphatic rings. The summed E-state index contributed by atoms with van der Waals surface area (Å²) in [7, 11) is -4.08. The minimum absolute atomic E-state index is 0.134. The van der Waals surface area contributed by atoms with Crippen LogP contribution in [0, 0.1) is 0 Å². The summed E-state index contributed by atoms with van der Waals surface area (Å²) in [4.78, 5) is 12.4. The van der Waals surface area contributed by atoms with E-state index >= 15 is 0 Å². The minimum Gasteiger partial charge on any atom is -0.484 e. The van der Waals surface area contributed by atoms with Crippen LogP contribution in [0.5, 0.6) is 5.75 Å². The first kappa shape index (κ1) is 24.2. The minimum atomic E-state index is -3.52. The molecule has 0 aromatic heterocycles.